The minimum Gasteiger partial charge on any atom is -0.496 e. The normalized spacial score (nSPS) is 12.8. The second-order valence-electron chi connectivity index (χ2n) is 5.95. The van der Waals surface area contributed by atoms with E-state index in [1.54, 1.807) is 13.2 Å². The molecule has 0 fully saturated rings. The van der Waals surface area contributed by atoms with Crippen LogP contribution in [0.3, 0.4) is 0 Å². The molecule has 0 spiro atoms. The number of para-hydroxylation sites is 1. The largest absolute Gasteiger partial charge is 0.496 e. The number of rotatable bonds is 4. The van der Waals surface area contributed by atoms with Crippen LogP contribution >= 0.6 is 23.2 Å². The molecule has 1 N–H and O–H groups in total. The van der Waals surface area contributed by atoms with Gasteiger partial charge in [0.05, 0.1) is 28.5 Å². The molecular weight excluding hydrogens is 357 g/mol. The van der Waals surface area contributed by atoms with Crippen molar-refractivity contribution in [2.75, 3.05) is 19.0 Å². The van der Waals surface area contributed by atoms with Crippen LogP contribution in [0.4, 0.5) is 5.82 Å². The molecule has 4 rings (SSSR count). The van der Waals surface area contributed by atoms with E-state index < -0.39 is 0 Å². The zero-order valence-electron chi connectivity index (χ0n) is 13.7. The lowest BCUT2D eigenvalue weighted by atomic mass is 10.0. The number of hydrogen-bond donors (Lipinski definition) is 1. The first-order chi connectivity index (χ1) is 12.2. The van der Waals surface area contributed by atoms with Crippen LogP contribution in [-0.2, 0) is 12.8 Å². The molecule has 0 aliphatic carbocycles. The molecule has 1 aliphatic rings. The van der Waals surface area contributed by atoms with Crippen LogP contribution in [0.5, 0.6) is 5.75 Å². The van der Waals surface area contributed by atoms with Gasteiger partial charge in [0, 0.05) is 24.1 Å². The van der Waals surface area contributed by atoms with Crippen LogP contribution in [0.15, 0.2) is 42.5 Å². The molecule has 0 saturated carbocycles. The average Bonchev–Trinajstić information content (AvgIpc) is 3.22. The molecule has 6 heteroatoms. The number of ether oxygens (including phenoxy) is 1. The molecule has 1 aromatic heterocycles. The van der Waals surface area contributed by atoms with Crippen molar-refractivity contribution in [3.05, 3.63) is 69.3 Å². The molecule has 2 heterocycles. The molecular formula is C19H17Cl2N3O. The van der Waals surface area contributed by atoms with Crippen LogP contribution in [0.2, 0.25) is 10.0 Å². The summed E-state index contributed by atoms with van der Waals surface area (Å²) in [7, 11) is 1.69. The lowest BCUT2D eigenvalue weighted by molar-refractivity contribution is 0.410. The van der Waals surface area contributed by atoms with Gasteiger partial charge in [0.1, 0.15) is 11.6 Å². The number of aromatic nitrogens is 2. The predicted octanol–water partition coefficient (Wildman–Crippen LogP) is 4.75. The second kappa shape index (κ2) is 6.62. The molecule has 0 amide bonds. The maximum absolute atomic E-state index is 6.18. The molecule has 128 valence electrons. The first kappa shape index (κ1) is 16.3. The molecule has 0 bridgehead atoms. The Labute approximate surface area is 156 Å². The Bertz CT molecular complexity index is 936. The number of halogens is 2. The molecule has 2 aromatic carbocycles. The van der Waals surface area contributed by atoms with Gasteiger partial charge in [0.15, 0.2) is 0 Å². The summed E-state index contributed by atoms with van der Waals surface area (Å²) in [5.41, 5.74) is 4.32. The molecule has 25 heavy (non-hydrogen) atoms. The predicted molar refractivity (Wildman–Crippen MR) is 102 cm³/mol. The van der Waals surface area contributed by atoms with Crippen LogP contribution < -0.4 is 10.1 Å². The number of nitrogens with zero attached hydrogens (tertiary/aromatic N) is 2. The fourth-order valence-electron chi connectivity index (χ4n) is 3.22. The molecule has 3 aromatic rings. The highest BCUT2D eigenvalue weighted by Gasteiger charge is 2.23. The van der Waals surface area contributed by atoms with Crippen molar-refractivity contribution in [3.8, 4) is 11.4 Å². The van der Waals surface area contributed by atoms with Gasteiger partial charge in [0.2, 0.25) is 0 Å². The van der Waals surface area contributed by atoms with Gasteiger partial charge in [-0.1, -0.05) is 41.4 Å². The number of fused-ring (bicyclic) bond motifs is 1. The average molecular weight is 374 g/mol. The van der Waals surface area contributed by atoms with Crippen molar-refractivity contribution in [1.82, 2.24) is 9.78 Å². The zero-order valence-corrected chi connectivity index (χ0v) is 15.2. The van der Waals surface area contributed by atoms with Crippen molar-refractivity contribution in [1.29, 1.82) is 0 Å². The molecule has 0 radical (unpaired) electrons. The first-order valence-electron chi connectivity index (χ1n) is 8.09. The van der Waals surface area contributed by atoms with Gasteiger partial charge in [-0.15, -0.1) is 0 Å². The Morgan fingerprint density at radius 3 is 2.80 bits per heavy atom. The van der Waals surface area contributed by atoms with Crippen LogP contribution in [0.1, 0.15) is 16.8 Å². The maximum Gasteiger partial charge on any atom is 0.133 e. The van der Waals surface area contributed by atoms with E-state index in [-0.39, 0.29) is 0 Å². The number of anilines is 1. The highest BCUT2D eigenvalue weighted by atomic mass is 35.5. The highest BCUT2D eigenvalue weighted by Crippen LogP contribution is 2.33. The minimum absolute atomic E-state index is 0.521. The summed E-state index contributed by atoms with van der Waals surface area (Å²) in [5, 5.41) is 9.33. The number of benzene rings is 2. The summed E-state index contributed by atoms with van der Waals surface area (Å²) in [6, 6.07) is 13.6. The summed E-state index contributed by atoms with van der Waals surface area (Å²) < 4.78 is 7.39. The minimum atomic E-state index is 0.521. The number of methoxy groups -OCH3 is 1. The van der Waals surface area contributed by atoms with Gasteiger partial charge in [-0.25, -0.2) is 4.68 Å². The van der Waals surface area contributed by atoms with Crippen molar-refractivity contribution in [2.45, 2.75) is 12.8 Å². The second-order valence-corrected chi connectivity index (χ2v) is 6.76. The van der Waals surface area contributed by atoms with Crippen molar-refractivity contribution < 1.29 is 4.74 Å². The van der Waals surface area contributed by atoms with Crippen LogP contribution in [-0.4, -0.2) is 23.4 Å². The van der Waals surface area contributed by atoms with Gasteiger partial charge in [0.25, 0.3) is 0 Å². The summed E-state index contributed by atoms with van der Waals surface area (Å²) in [5.74, 6) is 1.91. The maximum atomic E-state index is 6.18. The van der Waals surface area contributed by atoms with E-state index in [0.717, 1.165) is 47.9 Å². The molecule has 1 aliphatic heterocycles. The molecule has 4 nitrogen and oxygen atoms in total. The topological polar surface area (TPSA) is 39.1 Å². The Morgan fingerprint density at radius 2 is 2.00 bits per heavy atom. The van der Waals surface area contributed by atoms with E-state index in [1.165, 1.54) is 5.56 Å². The fraction of sp³-hybridized carbons (Fsp3) is 0.211. The SMILES string of the molecule is COc1ccccc1Cc1nn(-c2ccc(Cl)c(Cl)c2)c2c1CCN2. The van der Waals surface area contributed by atoms with Gasteiger partial charge in [-0.3, -0.25) is 0 Å². The van der Waals surface area contributed by atoms with Crippen molar-refractivity contribution in [3.63, 3.8) is 0 Å². The molecule has 0 saturated heterocycles. The molecule has 0 unspecified atom stereocenters. The third-order valence-electron chi connectivity index (χ3n) is 4.43. The van der Waals surface area contributed by atoms with E-state index in [2.05, 4.69) is 11.4 Å². The summed E-state index contributed by atoms with van der Waals surface area (Å²) in [6.07, 6.45) is 1.68. The Hall–Kier alpha value is -2.17. The first-order valence-corrected chi connectivity index (χ1v) is 8.85. The smallest absolute Gasteiger partial charge is 0.133 e. The van der Waals surface area contributed by atoms with Crippen molar-refractivity contribution in [2.24, 2.45) is 0 Å². The Morgan fingerprint density at radius 1 is 1.16 bits per heavy atom. The van der Waals surface area contributed by atoms with Gasteiger partial charge in [-0.05, 0) is 30.7 Å². The van der Waals surface area contributed by atoms with E-state index in [9.17, 15) is 0 Å². The standard InChI is InChI=1S/C19H17Cl2N3O/c1-25-18-5-3-2-4-12(18)10-17-14-8-9-22-19(14)24(23-17)13-6-7-15(20)16(21)11-13/h2-7,11,22H,8-10H2,1H3. The van der Waals surface area contributed by atoms with E-state index in [0.29, 0.717) is 10.0 Å². The number of hydrogen-bond acceptors (Lipinski definition) is 3. The quantitative estimate of drug-likeness (QED) is 0.717. The van der Waals surface area contributed by atoms with Crippen LogP contribution in [0.25, 0.3) is 5.69 Å². The molecule has 0 atom stereocenters. The van der Waals surface area contributed by atoms with E-state index in [4.69, 9.17) is 33.0 Å². The summed E-state index contributed by atoms with van der Waals surface area (Å²) in [4.78, 5) is 0. The lowest BCUT2D eigenvalue weighted by Crippen LogP contribution is -2.05. The summed E-state index contributed by atoms with van der Waals surface area (Å²) >= 11 is 12.2. The van der Waals surface area contributed by atoms with E-state index in [1.807, 2.05) is 35.0 Å². The number of nitrogens with one attached hydrogen (secondary N) is 1. The van der Waals surface area contributed by atoms with Gasteiger partial charge >= 0.3 is 0 Å². The van der Waals surface area contributed by atoms with Crippen LogP contribution in [0, 0.1) is 0 Å². The van der Waals surface area contributed by atoms with Gasteiger partial charge in [-0.2, -0.15) is 5.10 Å². The highest BCUT2D eigenvalue weighted by molar-refractivity contribution is 6.42. The van der Waals surface area contributed by atoms with E-state index >= 15 is 0 Å². The third-order valence-corrected chi connectivity index (χ3v) is 5.17. The Kier molecular flexibility index (Phi) is 4.32. The summed E-state index contributed by atoms with van der Waals surface area (Å²) in [6.45, 7) is 0.910. The third kappa shape index (κ3) is 2.96. The fourth-order valence-corrected chi connectivity index (χ4v) is 3.51. The monoisotopic (exact) mass is 373 g/mol. The zero-order chi connectivity index (χ0) is 17.4. The van der Waals surface area contributed by atoms with Gasteiger partial charge < -0.3 is 10.1 Å². The Balaban J connectivity index is 1.76. The lowest BCUT2D eigenvalue weighted by Gasteiger charge is -2.08. The van der Waals surface area contributed by atoms with Crippen molar-refractivity contribution >= 4 is 29.0 Å².